The standard InChI is InChI=1S/C12H29N2Si.C8H18N.Co/c1-8-14(9-2)11-10-13-15(6,7)12(3,4)5;1-7(2,3)9-8(4,5)6;/h8-11H2,1-7H3;1-6H3;/q2*-1;+3. The predicted octanol–water partition coefficient (Wildman–Crippen LogP) is 6.66. The summed E-state index contributed by atoms with van der Waals surface area (Å²) in [6.45, 7) is 33.3. The van der Waals surface area contributed by atoms with E-state index in [0.717, 1.165) is 26.2 Å². The molecule has 25 heavy (non-hydrogen) atoms. The molecule has 3 nitrogen and oxygen atoms in total. The molecule has 0 saturated carbocycles. The Morgan fingerprint density at radius 3 is 1.32 bits per heavy atom. The van der Waals surface area contributed by atoms with E-state index in [1.54, 1.807) is 0 Å². The van der Waals surface area contributed by atoms with Crippen LogP contribution in [0.3, 0.4) is 0 Å². The Kier molecular flexibility index (Phi) is 14.7. The average molecular weight is 417 g/mol. The minimum absolute atomic E-state index is 0. The monoisotopic (exact) mass is 416 g/mol. The second kappa shape index (κ2) is 12.1. The Labute approximate surface area is 171 Å². The second-order valence-electron chi connectivity index (χ2n) is 10.2. The van der Waals surface area contributed by atoms with Crippen molar-refractivity contribution in [1.29, 1.82) is 0 Å². The van der Waals surface area contributed by atoms with Crippen molar-refractivity contribution in [3.8, 4) is 0 Å². The van der Waals surface area contributed by atoms with Gasteiger partial charge < -0.3 is 15.2 Å². The summed E-state index contributed by atoms with van der Waals surface area (Å²) >= 11 is 0. The van der Waals surface area contributed by atoms with E-state index in [2.05, 4.69) is 99.5 Å². The molecule has 0 saturated heterocycles. The first kappa shape index (κ1) is 30.3. The van der Waals surface area contributed by atoms with Crippen molar-refractivity contribution in [3.05, 3.63) is 10.3 Å². The molecule has 0 rings (SSSR count). The average Bonchev–Trinajstić information content (AvgIpc) is 2.29. The summed E-state index contributed by atoms with van der Waals surface area (Å²) < 4.78 is 0. The van der Waals surface area contributed by atoms with E-state index >= 15 is 0 Å². The molecule has 0 radical (unpaired) electrons. The van der Waals surface area contributed by atoms with Crippen molar-refractivity contribution >= 4 is 8.24 Å². The number of hydrogen-bond acceptors (Lipinski definition) is 1. The maximum absolute atomic E-state index is 4.96. The maximum Gasteiger partial charge on any atom is 3.00 e. The van der Waals surface area contributed by atoms with Gasteiger partial charge in [-0.1, -0.05) is 103 Å². The van der Waals surface area contributed by atoms with Gasteiger partial charge >= 0.3 is 16.8 Å². The van der Waals surface area contributed by atoms with Gasteiger partial charge in [-0.3, -0.25) is 0 Å². The summed E-state index contributed by atoms with van der Waals surface area (Å²) in [5, 5.41) is 4.93. The molecule has 0 aromatic rings. The van der Waals surface area contributed by atoms with Crippen LogP contribution in [0.5, 0.6) is 0 Å². The summed E-state index contributed by atoms with van der Waals surface area (Å²) in [4.78, 5) is 7.40. The summed E-state index contributed by atoms with van der Waals surface area (Å²) in [6, 6.07) is 0. The molecule has 154 valence electrons. The minimum atomic E-state index is -1.40. The van der Waals surface area contributed by atoms with Gasteiger partial charge in [0.15, 0.2) is 0 Å². The fraction of sp³-hybridized carbons (Fsp3) is 1.00. The molecule has 0 amide bonds. The van der Waals surface area contributed by atoms with Crippen molar-refractivity contribution in [2.24, 2.45) is 0 Å². The van der Waals surface area contributed by atoms with E-state index in [1.807, 2.05) is 0 Å². The van der Waals surface area contributed by atoms with Crippen LogP contribution in [0.25, 0.3) is 10.3 Å². The molecule has 0 atom stereocenters. The number of likely N-dealkylation sites (N-methyl/N-ethyl adjacent to an activating group) is 1. The Bertz CT molecular complexity index is 309. The van der Waals surface area contributed by atoms with Crippen molar-refractivity contribution in [1.82, 2.24) is 4.90 Å². The van der Waals surface area contributed by atoms with Crippen LogP contribution >= 0.6 is 0 Å². The number of hydrogen-bond donors (Lipinski definition) is 0. The molecule has 0 aromatic carbocycles. The Morgan fingerprint density at radius 2 is 1.12 bits per heavy atom. The van der Waals surface area contributed by atoms with E-state index in [9.17, 15) is 0 Å². The first-order valence-corrected chi connectivity index (χ1v) is 12.5. The van der Waals surface area contributed by atoms with Crippen LogP contribution in [0.2, 0.25) is 18.1 Å². The smallest absolute Gasteiger partial charge is 0.663 e. The van der Waals surface area contributed by atoms with Crippen molar-refractivity contribution in [3.63, 3.8) is 0 Å². The third-order valence-electron chi connectivity index (χ3n) is 4.32. The summed E-state index contributed by atoms with van der Waals surface area (Å²) in [7, 11) is -1.40. The fourth-order valence-electron chi connectivity index (χ4n) is 2.25. The van der Waals surface area contributed by atoms with Gasteiger partial charge in [0.2, 0.25) is 0 Å². The van der Waals surface area contributed by atoms with E-state index in [1.165, 1.54) is 0 Å². The molecule has 5 heteroatoms. The second-order valence-corrected chi connectivity index (χ2v) is 15.1. The predicted molar refractivity (Wildman–Crippen MR) is 116 cm³/mol. The Hall–Kier alpha value is 0.603. The van der Waals surface area contributed by atoms with Crippen molar-refractivity contribution in [2.45, 2.75) is 105 Å². The number of nitrogens with zero attached hydrogens (tertiary/aromatic N) is 3. The zero-order chi connectivity index (χ0) is 19.8. The molecule has 0 unspecified atom stereocenters. The van der Waals surface area contributed by atoms with E-state index in [0.29, 0.717) is 5.04 Å². The third kappa shape index (κ3) is 17.8. The van der Waals surface area contributed by atoms with E-state index in [4.69, 9.17) is 4.98 Å². The first-order chi connectivity index (χ1) is 10.4. The molecule has 0 aliphatic heterocycles. The first-order valence-electron chi connectivity index (χ1n) is 9.60. The van der Waals surface area contributed by atoms with Crippen LogP contribution in [-0.4, -0.2) is 50.4 Å². The van der Waals surface area contributed by atoms with Gasteiger partial charge in [-0.15, -0.1) is 17.6 Å². The third-order valence-corrected chi connectivity index (χ3v) is 9.01. The van der Waals surface area contributed by atoms with Crippen LogP contribution in [0, 0.1) is 0 Å². The van der Waals surface area contributed by atoms with Gasteiger partial charge in [-0.05, 0) is 19.6 Å². The van der Waals surface area contributed by atoms with Crippen LogP contribution in [0.1, 0.15) is 76.2 Å². The summed E-state index contributed by atoms with van der Waals surface area (Å²) in [5.41, 5.74) is 0.219. The molecule has 0 N–H and O–H groups in total. The molecule has 0 bridgehead atoms. The van der Waals surface area contributed by atoms with E-state index in [-0.39, 0.29) is 27.9 Å². The van der Waals surface area contributed by atoms with Gasteiger partial charge in [-0.25, -0.2) is 0 Å². The normalized spacial score (nSPS) is 13.2. The Morgan fingerprint density at radius 1 is 0.760 bits per heavy atom. The SMILES string of the molecule is CC(C)(C)[N-]C(C)(C)C.CCN(CC)CC[N-][Si](C)(C)C(C)(C)C.[Co+3]. The molecular weight excluding hydrogens is 369 g/mol. The Balaban J connectivity index is -0.000000418. The van der Waals surface area contributed by atoms with Crippen LogP contribution in [0.15, 0.2) is 0 Å². The molecular formula is C20H47CoN3Si+. The zero-order valence-corrected chi connectivity index (χ0v) is 21.5. The van der Waals surface area contributed by atoms with E-state index < -0.39 is 8.24 Å². The van der Waals surface area contributed by atoms with Crippen molar-refractivity contribution < 1.29 is 16.8 Å². The molecule has 0 aliphatic carbocycles. The largest absolute Gasteiger partial charge is 3.00 e. The van der Waals surface area contributed by atoms with Gasteiger partial charge in [0.1, 0.15) is 0 Å². The molecule has 0 heterocycles. The minimum Gasteiger partial charge on any atom is -0.663 e. The maximum atomic E-state index is 4.96. The molecule has 0 aromatic heterocycles. The molecule has 0 spiro atoms. The van der Waals surface area contributed by atoms with Crippen LogP contribution in [-0.2, 0) is 16.8 Å². The van der Waals surface area contributed by atoms with Gasteiger partial charge in [0, 0.05) is 0 Å². The van der Waals surface area contributed by atoms with Crippen LogP contribution in [0.4, 0.5) is 0 Å². The van der Waals surface area contributed by atoms with Gasteiger partial charge in [0.05, 0.1) is 0 Å². The zero-order valence-electron chi connectivity index (χ0n) is 19.5. The number of rotatable bonds is 6. The summed E-state index contributed by atoms with van der Waals surface area (Å²) in [5.74, 6) is 0. The molecule has 0 fully saturated rings. The van der Waals surface area contributed by atoms with Crippen molar-refractivity contribution in [2.75, 3.05) is 26.2 Å². The summed E-state index contributed by atoms with van der Waals surface area (Å²) in [6.07, 6.45) is 0. The topological polar surface area (TPSA) is 31.4 Å². The quantitative estimate of drug-likeness (QED) is 0.445. The van der Waals surface area contributed by atoms with Gasteiger partial charge in [-0.2, -0.15) is 0 Å². The van der Waals surface area contributed by atoms with Crippen LogP contribution < -0.4 is 0 Å². The van der Waals surface area contributed by atoms with Gasteiger partial charge in [0.25, 0.3) is 0 Å². The fourth-order valence-corrected chi connectivity index (χ4v) is 3.39. The molecule has 0 aliphatic rings.